The van der Waals surface area contributed by atoms with Crippen molar-refractivity contribution < 1.29 is 4.79 Å². The highest BCUT2D eigenvalue weighted by Crippen LogP contribution is 2.06. The lowest BCUT2D eigenvalue weighted by Gasteiger charge is -2.24. The van der Waals surface area contributed by atoms with Crippen molar-refractivity contribution in [1.82, 2.24) is 5.01 Å². The molecular weight excluding hydrogens is 128 g/mol. The zero-order valence-corrected chi connectivity index (χ0v) is 7.09. The van der Waals surface area contributed by atoms with E-state index in [1.54, 1.807) is 14.0 Å². The van der Waals surface area contributed by atoms with Crippen LogP contribution in [0.2, 0.25) is 0 Å². The maximum absolute atomic E-state index is 10.9. The molecule has 0 rings (SSSR count). The topological polar surface area (TPSA) is 46.3 Å². The lowest BCUT2D eigenvalue weighted by atomic mass is 10.0. The number of rotatable bonds is 3. The Balaban J connectivity index is 4.12. The van der Waals surface area contributed by atoms with Crippen LogP contribution in [0.4, 0.5) is 0 Å². The predicted molar refractivity (Wildman–Crippen MR) is 41.3 cm³/mol. The van der Waals surface area contributed by atoms with Crippen LogP contribution in [-0.4, -0.2) is 23.9 Å². The van der Waals surface area contributed by atoms with Crippen LogP contribution in [-0.2, 0) is 4.79 Å². The summed E-state index contributed by atoms with van der Waals surface area (Å²) in [7, 11) is 1.71. The molecule has 0 bridgehead atoms. The number of hydrogen-bond donors (Lipinski definition) is 1. The third-order valence-corrected chi connectivity index (χ3v) is 1.49. The van der Waals surface area contributed by atoms with Crippen molar-refractivity contribution in [2.45, 2.75) is 26.8 Å². The normalized spacial score (nSPS) is 14.3. The fourth-order valence-electron chi connectivity index (χ4n) is 1.23. The first-order valence-corrected chi connectivity index (χ1v) is 3.44. The van der Waals surface area contributed by atoms with Crippen molar-refractivity contribution in [3.8, 4) is 0 Å². The SMILES string of the molecule is CC(=O)C(C(C)C)N(C)N. The van der Waals surface area contributed by atoms with Crippen molar-refractivity contribution in [2.75, 3.05) is 7.05 Å². The van der Waals surface area contributed by atoms with Crippen LogP contribution in [0.1, 0.15) is 20.8 Å². The molecule has 10 heavy (non-hydrogen) atoms. The number of ketones is 1. The Hall–Kier alpha value is -0.410. The Morgan fingerprint density at radius 2 is 1.90 bits per heavy atom. The minimum absolute atomic E-state index is 0.125. The number of carbonyl (C=O) groups excluding carboxylic acids is 1. The van der Waals surface area contributed by atoms with Crippen molar-refractivity contribution in [3.05, 3.63) is 0 Å². The molecule has 1 unspecified atom stereocenters. The highest BCUT2D eigenvalue weighted by Gasteiger charge is 2.20. The van der Waals surface area contributed by atoms with Gasteiger partial charge in [-0.1, -0.05) is 13.8 Å². The second kappa shape index (κ2) is 3.68. The maximum Gasteiger partial charge on any atom is 0.148 e. The van der Waals surface area contributed by atoms with Crippen LogP contribution in [0.3, 0.4) is 0 Å². The lowest BCUT2D eigenvalue weighted by Crippen LogP contribution is -2.45. The zero-order chi connectivity index (χ0) is 8.31. The minimum Gasteiger partial charge on any atom is -0.298 e. The van der Waals surface area contributed by atoms with Gasteiger partial charge < -0.3 is 0 Å². The summed E-state index contributed by atoms with van der Waals surface area (Å²) in [5.74, 6) is 5.86. The molecule has 0 aliphatic carbocycles. The summed E-state index contributed by atoms with van der Waals surface area (Å²) >= 11 is 0. The molecule has 3 nitrogen and oxygen atoms in total. The Morgan fingerprint density at radius 3 is 1.90 bits per heavy atom. The monoisotopic (exact) mass is 144 g/mol. The van der Waals surface area contributed by atoms with Gasteiger partial charge in [-0.25, -0.2) is 5.01 Å². The molecule has 0 amide bonds. The third kappa shape index (κ3) is 2.45. The van der Waals surface area contributed by atoms with Crippen molar-refractivity contribution >= 4 is 5.78 Å². The van der Waals surface area contributed by atoms with Crippen molar-refractivity contribution in [2.24, 2.45) is 11.8 Å². The molecule has 0 saturated carbocycles. The molecule has 0 spiro atoms. The van der Waals surface area contributed by atoms with Crippen LogP contribution >= 0.6 is 0 Å². The number of nitrogens with two attached hydrogens (primary N) is 1. The van der Waals surface area contributed by atoms with Crippen LogP contribution < -0.4 is 5.84 Å². The molecule has 0 radical (unpaired) electrons. The number of hydrazine groups is 1. The second-order valence-corrected chi connectivity index (χ2v) is 2.96. The van der Waals surface area contributed by atoms with E-state index in [0.717, 1.165) is 0 Å². The molecule has 60 valence electrons. The largest absolute Gasteiger partial charge is 0.298 e. The van der Waals surface area contributed by atoms with E-state index in [2.05, 4.69) is 0 Å². The van der Waals surface area contributed by atoms with E-state index in [1.807, 2.05) is 13.8 Å². The molecule has 3 heteroatoms. The van der Waals surface area contributed by atoms with E-state index in [1.165, 1.54) is 5.01 Å². The standard InChI is InChI=1S/C7H16N2O/c1-5(2)7(6(3)10)9(4)8/h5,7H,8H2,1-4H3. The highest BCUT2D eigenvalue weighted by atomic mass is 16.1. The van der Waals surface area contributed by atoms with Crippen LogP contribution in [0, 0.1) is 5.92 Å². The lowest BCUT2D eigenvalue weighted by molar-refractivity contribution is -0.123. The zero-order valence-electron chi connectivity index (χ0n) is 7.09. The van der Waals surface area contributed by atoms with Gasteiger partial charge in [0, 0.05) is 7.05 Å². The first kappa shape index (κ1) is 9.59. The van der Waals surface area contributed by atoms with Gasteiger partial charge in [0.25, 0.3) is 0 Å². The molecule has 0 aliphatic rings. The number of likely N-dealkylation sites (N-methyl/N-ethyl adjacent to an activating group) is 1. The molecular formula is C7H16N2O. The summed E-state index contributed by atoms with van der Waals surface area (Å²) in [6.07, 6.45) is 0. The van der Waals surface area contributed by atoms with Gasteiger partial charge in [-0.2, -0.15) is 0 Å². The third-order valence-electron chi connectivity index (χ3n) is 1.49. The predicted octanol–water partition coefficient (Wildman–Crippen LogP) is 0.406. The molecule has 2 N–H and O–H groups in total. The van der Waals surface area contributed by atoms with Crippen molar-refractivity contribution in [1.29, 1.82) is 0 Å². The van der Waals surface area contributed by atoms with E-state index in [-0.39, 0.29) is 17.7 Å². The van der Waals surface area contributed by atoms with E-state index in [9.17, 15) is 4.79 Å². The maximum atomic E-state index is 10.9. The first-order chi connectivity index (χ1) is 4.46. The second-order valence-electron chi connectivity index (χ2n) is 2.96. The fourth-order valence-corrected chi connectivity index (χ4v) is 1.23. The van der Waals surface area contributed by atoms with Gasteiger partial charge in [-0.05, 0) is 12.8 Å². The Kier molecular flexibility index (Phi) is 3.53. The molecule has 1 atom stereocenters. The quantitative estimate of drug-likeness (QED) is 0.461. The smallest absolute Gasteiger partial charge is 0.148 e. The Labute approximate surface area is 62.2 Å². The van der Waals surface area contributed by atoms with Gasteiger partial charge in [-0.15, -0.1) is 0 Å². The highest BCUT2D eigenvalue weighted by molar-refractivity contribution is 5.81. The van der Waals surface area contributed by atoms with E-state index in [4.69, 9.17) is 5.84 Å². The van der Waals surface area contributed by atoms with Gasteiger partial charge in [0.05, 0.1) is 6.04 Å². The molecule has 0 fully saturated rings. The van der Waals surface area contributed by atoms with Crippen LogP contribution in [0.5, 0.6) is 0 Å². The molecule has 0 saturated heterocycles. The summed E-state index contributed by atoms with van der Waals surface area (Å²) in [5, 5.41) is 1.47. The van der Waals surface area contributed by atoms with Gasteiger partial charge in [0.1, 0.15) is 5.78 Å². The Morgan fingerprint density at radius 1 is 1.50 bits per heavy atom. The van der Waals surface area contributed by atoms with Crippen molar-refractivity contribution in [3.63, 3.8) is 0 Å². The van der Waals surface area contributed by atoms with Crippen LogP contribution in [0.15, 0.2) is 0 Å². The molecule has 0 aromatic carbocycles. The number of carbonyl (C=O) groups is 1. The van der Waals surface area contributed by atoms with Gasteiger partial charge >= 0.3 is 0 Å². The summed E-state index contributed by atoms with van der Waals surface area (Å²) in [6, 6.07) is -0.139. The number of Topliss-reactive ketones (excluding diaryl/α,β-unsaturated/α-hetero) is 1. The molecule has 0 aromatic heterocycles. The molecule has 0 aliphatic heterocycles. The van der Waals surface area contributed by atoms with E-state index >= 15 is 0 Å². The summed E-state index contributed by atoms with van der Waals surface area (Å²) in [4.78, 5) is 10.9. The number of hydrogen-bond acceptors (Lipinski definition) is 3. The van der Waals surface area contributed by atoms with Gasteiger partial charge in [0.2, 0.25) is 0 Å². The Bertz CT molecular complexity index is 113. The van der Waals surface area contributed by atoms with Crippen LogP contribution in [0.25, 0.3) is 0 Å². The summed E-state index contributed by atoms with van der Waals surface area (Å²) < 4.78 is 0. The average Bonchev–Trinajstić information content (AvgIpc) is 1.59. The van der Waals surface area contributed by atoms with Gasteiger partial charge in [-0.3, -0.25) is 10.6 Å². The summed E-state index contributed by atoms with van der Waals surface area (Å²) in [6.45, 7) is 5.53. The summed E-state index contributed by atoms with van der Waals surface area (Å²) in [5.41, 5.74) is 0. The van der Waals surface area contributed by atoms with Gasteiger partial charge in [0.15, 0.2) is 0 Å². The molecule has 0 aromatic rings. The number of nitrogens with zero attached hydrogens (tertiary/aromatic N) is 1. The fraction of sp³-hybridized carbons (Fsp3) is 0.857. The van der Waals surface area contributed by atoms with E-state index in [0.29, 0.717) is 0 Å². The average molecular weight is 144 g/mol. The van der Waals surface area contributed by atoms with E-state index < -0.39 is 0 Å². The first-order valence-electron chi connectivity index (χ1n) is 3.44. The minimum atomic E-state index is -0.139. The molecule has 0 heterocycles.